The molecule has 6 rings (SSSR count). The van der Waals surface area contributed by atoms with Crippen LogP contribution in [-0.2, 0) is 9.84 Å². The topological polar surface area (TPSA) is 109 Å². The number of rotatable bonds is 4. The van der Waals surface area contributed by atoms with Gasteiger partial charge in [0.25, 0.3) is 23.6 Å². The van der Waals surface area contributed by atoms with Crippen LogP contribution >= 0.6 is 69.6 Å². The lowest BCUT2D eigenvalue weighted by Gasteiger charge is -2.15. The van der Waals surface area contributed by atoms with Crippen molar-refractivity contribution in [2.75, 3.05) is 9.80 Å². The van der Waals surface area contributed by atoms with Crippen LogP contribution in [0.15, 0.2) is 70.5 Å². The van der Waals surface area contributed by atoms with Crippen molar-refractivity contribution in [3.05, 3.63) is 113 Å². The van der Waals surface area contributed by atoms with Crippen molar-refractivity contribution in [2.45, 2.75) is 9.79 Å². The van der Waals surface area contributed by atoms with E-state index in [1.807, 2.05) is 0 Å². The Hall–Kier alpha value is -3.15. The average molecular weight is 715 g/mol. The number of hydrogen-bond acceptors (Lipinski definition) is 6. The Balaban J connectivity index is 1.27. The van der Waals surface area contributed by atoms with Gasteiger partial charge >= 0.3 is 0 Å². The molecular weight excluding hydrogens is 705 g/mol. The van der Waals surface area contributed by atoms with Crippen LogP contribution in [0.3, 0.4) is 0 Å². The molecule has 0 unspecified atom stereocenters. The van der Waals surface area contributed by atoms with Crippen LogP contribution < -0.4 is 9.80 Å². The molecule has 43 heavy (non-hydrogen) atoms. The van der Waals surface area contributed by atoms with Crippen molar-refractivity contribution >= 4 is 114 Å². The number of hydrogen-bond donors (Lipinski definition) is 0. The number of amides is 4. The third-order valence-electron chi connectivity index (χ3n) is 6.84. The van der Waals surface area contributed by atoms with Crippen molar-refractivity contribution in [3.8, 4) is 0 Å². The van der Waals surface area contributed by atoms with Gasteiger partial charge in [0.15, 0.2) is 0 Å². The van der Waals surface area contributed by atoms with Gasteiger partial charge < -0.3 is 0 Å². The largest absolute Gasteiger partial charge is 0.268 e. The maximum absolute atomic E-state index is 13.4. The molecule has 0 radical (unpaired) electrons. The zero-order chi connectivity index (χ0) is 31.1. The standard InChI is InChI=1S/C28H10Cl6N2O6S/c29-17-9-15-19(23(33)21(17)31)27(39)35(25(15)37)11-1-5-13(6-2-11)43(41,42)14-7-3-12(4-8-14)36-26(38)16-10-18(30)22(32)24(34)20(16)28(36)40/h1-10H. The van der Waals surface area contributed by atoms with Gasteiger partial charge in [-0.15, -0.1) is 0 Å². The van der Waals surface area contributed by atoms with Gasteiger partial charge in [-0.05, 0) is 60.7 Å². The molecule has 0 fully saturated rings. The number of sulfone groups is 1. The number of benzene rings is 4. The first-order valence-electron chi connectivity index (χ1n) is 11.8. The highest BCUT2D eigenvalue weighted by molar-refractivity contribution is 7.91. The summed E-state index contributed by atoms with van der Waals surface area (Å²) in [5, 5.41) is -0.464. The molecule has 8 nitrogen and oxygen atoms in total. The molecule has 0 saturated carbocycles. The number of halogens is 6. The Morgan fingerprint density at radius 2 is 0.791 bits per heavy atom. The van der Waals surface area contributed by atoms with Gasteiger partial charge in [0.05, 0.1) is 73.6 Å². The lowest BCUT2D eigenvalue weighted by Crippen LogP contribution is -2.29. The fourth-order valence-corrected chi connectivity index (χ4v) is 7.38. The fourth-order valence-electron chi connectivity index (χ4n) is 4.75. The second-order valence-corrected chi connectivity index (χ2v) is 13.5. The third-order valence-corrected chi connectivity index (χ3v) is 11.1. The van der Waals surface area contributed by atoms with Gasteiger partial charge in [0.1, 0.15) is 0 Å². The first-order valence-corrected chi connectivity index (χ1v) is 15.6. The van der Waals surface area contributed by atoms with Gasteiger partial charge in [0.2, 0.25) is 9.84 Å². The molecule has 0 N–H and O–H groups in total. The predicted molar refractivity (Wildman–Crippen MR) is 164 cm³/mol. The van der Waals surface area contributed by atoms with Gasteiger partial charge in [-0.2, -0.15) is 0 Å². The molecule has 4 aromatic carbocycles. The number of imide groups is 2. The van der Waals surface area contributed by atoms with Crippen molar-refractivity contribution in [3.63, 3.8) is 0 Å². The summed E-state index contributed by atoms with van der Waals surface area (Å²) in [5.74, 6) is -2.89. The predicted octanol–water partition coefficient (Wildman–Crippen LogP) is 8.04. The highest BCUT2D eigenvalue weighted by Crippen LogP contribution is 2.42. The minimum atomic E-state index is -4.11. The Bertz CT molecular complexity index is 1940. The summed E-state index contributed by atoms with van der Waals surface area (Å²) in [6, 6.07) is 12.6. The molecule has 0 atom stereocenters. The summed E-state index contributed by atoms with van der Waals surface area (Å²) in [5.41, 5.74) is -0.101. The molecule has 2 heterocycles. The van der Waals surface area contributed by atoms with E-state index in [-0.39, 0.29) is 73.6 Å². The highest BCUT2D eigenvalue weighted by atomic mass is 35.5. The van der Waals surface area contributed by atoms with Crippen LogP contribution in [0, 0.1) is 0 Å². The van der Waals surface area contributed by atoms with E-state index in [1.165, 1.54) is 60.7 Å². The van der Waals surface area contributed by atoms with Crippen LogP contribution in [0.25, 0.3) is 0 Å². The first-order chi connectivity index (χ1) is 20.2. The number of anilines is 2. The third kappa shape index (κ3) is 4.45. The summed E-state index contributed by atoms with van der Waals surface area (Å²) in [7, 11) is -4.11. The minimum absolute atomic E-state index is 0.00136. The van der Waals surface area contributed by atoms with E-state index in [4.69, 9.17) is 69.6 Å². The summed E-state index contributed by atoms with van der Waals surface area (Å²) in [6.07, 6.45) is 0. The van der Waals surface area contributed by atoms with E-state index in [0.29, 0.717) is 0 Å². The van der Waals surface area contributed by atoms with Crippen LogP contribution in [0.5, 0.6) is 0 Å². The summed E-state index contributed by atoms with van der Waals surface area (Å²) in [4.78, 5) is 53.4. The molecule has 4 aromatic rings. The average Bonchev–Trinajstić information content (AvgIpc) is 3.38. The van der Waals surface area contributed by atoms with E-state index in [9.17, 15) is 27.6 Å². The molecule has 216 valence electrons. The lowest BCUT2D eigenvalue weighted by atomic mass is 10.1. The molecule has 15 heteroatoms. The molecule has 0 aliphatic carbocycles. The Morgan fingerprint density at radius 1 is 0.465 bits per heavy atom. The molecule has 0 aromatic heterocycles. The van der Waals surface area contributed by atoms with Crippen LogP contribution in [0.4, 0.5) is 11.4 Å². The monoisotopic (exact) mass is 712 g/mol. The fraction of sp³-hybridized carbons (Fsp3) is 0. The first kappa shape index (κ1) is 29.9. The molecule has 0 spiro atoms. The summed E-state index contributed by atoms with van der Waals surface area (Å²) >= 11 is 36.4. The number of fused-ring (bicyclic) bond motifs is 2. The van der Waals surface area contributed by atoms with Gasteiger partial charge in [0, 0.05) is 0 Å². The van der Waals surface area contributed by atoms with E-state index < -0.39 is 33.5 Å². The molecule has 2 aliphatic rings. The Labute approximate surface area is 273 Å². The number of nitrogens with zero attached hydrogens (tertiary/aromatic N) is 2. The maximum atomic E-state index is 13.4. The zero-order valence-electron chi connectivity index (χ0n) is 20.8. The molecule has 0 bridgehead atoms. The summed E-state index contributed by atoms with van der Waals surface area (Å²) in [6.45, 7) is 0. The quantitative estimate of drug-likeness (QED) is 0.156. The molecular formula is C28H10Cl6N2O6S. The second-order valence-electron chi connectivity index (χ2n) is 9.20. The maximum Gasteiger partial charge on any atom is 0.267 e. The van der Waals surface area contributed by atoms with Crippen LogP contribution in [0.2, 0.25) is 30.1 Å². The Morgan fingerprint density at radius 3 is 1.12 bits per heavy atom. The van der Waals surface area contributed by atoms with E-state index in [2.05, 4.69) is 0 Å². The normalized spacial score (nSPS) is 14.6. The van der Waals surface area contributed by atoms with Crippen molar-refractivity contribution in [1.29, 1.82) is 0 Å². The SMILES string of the molecule is O=C1c2cc(Cl)c(Cl)c(Cl)c2C(=O)N1c1ccc(S(=O)(=O)c2ccc(N3C(=O)c4cc(Cl)c(Cl)c(Cl)c4C3=O)cc2)cc1. The van der Waals surface area contributed by atoms with Crippen LogP contribution in [-0.4, -0.2) is 32.0 Å². The second kappa shape index (κ2) is 10.5. The van der Waals surface area contributed by atoms with Crippen LogP contribution in [0.1, 0.15) is 41.4 Å². The number of carbonyl (C=O) groups is 4. The molecule has 4 amide bonds. The van der Waals surface area contributed by atoms with Crippen molar-refractivity contribution < 1.29 is 27.6 Å². The van der Waals surface area contributed by atoms with Gasteiger partial charge in [-0.3, -0.25) is 19.2 Å². The highest BCUT2D eigenvalue weighted by Gasteiger charge is 2.41. The zero-order valence-corrected chi connectivity index (χ0v) is 26.1. The minimum Gasteiger partial charge on any atom is -0.268 e. The molecule has 2 aliphatic heterocycles. The van der Waals surface area contributed by atoms with Gasteiger partial charge in [-0.1, -0.05) is 69.6 Å². The summed E-state index contributed by atoms with van der Waals surface area (Å²) < 4.78 is 26.7. The van der Waals surface area contributed by atoms with E-state index in [0.717, 1.165) is 9.80 Å². The van der Waals surface area contributed by atoms with Gasteiger partial charge in [-0.25, -0.2) is 18.2 Å². The van der Waals surface area contributed by atoms with E-state index in [1.54, 1.807) is 0 Å². The van der Waals surface area contributed by atoms with E-state index >= 15 is 0 Å². The van der Waals surface area contributed by atoms with Crippen molar-refractivity contribution in [2.24, 2.45) is 0 Å². The molecule has 0 saturated heterocycles. The lowest BCUT2D eigenvalue weighted by molar-refractivity contribution is 0.0910. The smallest absolute Gasteiger partial charge is 0.267 e. The number of carbonyl (C=O) groups excluding carboxylic acids is 4. The van der Waals surface area contributed by atoms with Crippen molar-refractivity contribution in [1.82, 2.24) is 0 Å². The Kier molecular flexibility index (Phi) is 7.29.